The maximum absolute atomic E-state index is 11.6. The summed E-state index contributed by atoms with van der Waals surface area (Å²) >= 11 is 0. The van der Waals surface area contributed by atoms with Gasteiger partial charge in [0.25, 0.3) is 0 Å². The molecule has 0 spiro atoms. The number of nitrogens with one attached hydrogen (secondary N) is 1. The molecule has 88 valence electrons. The SMILES string of the molecule is [B]CC(=O)N1CC(CC)CC1CC(=O)NC. The summed E-state index contributed by atoms with van der Waals surface area (Å²) in [4.78, 5) is 24.7. The van der Waals surface area contributed by atoms with Gasteiger partial charge >= 0.3 is 0 Å². The van der Waals surface area contributed by atoms with E-state index < -0.39 is 0 Å². The number of rotatable bonds is 4. The second-order valence-electron chi connectivity index (χ2n) is 4.29. The molecule has 1 N–H and O–H groups in total. The third kappa shape index (κ3) is 3.00. The van der Waals surface area contributed by atoms with E-state index in [9.17, 15) is 9.59 Å². The molecule has 16 heavy (non-hydrogen) atoms. The van der Waals surface area contributed by atoms with E-state index in [-0.39, 0.29) is 24.2 Å². The molecule has 1 heterocycles. The fourth-order valence-electron chi connectivity index (χ4n) is 2.24. The molecule has 1 saturated heterocycles. The lowest BCUT2D eigenvalue weighted by molar-refractivity contribution is -0.130. The first kappa shape index (κ1) is 13.1. The fraction of sp³-hybridized carbons (Fsp3) is 0.818. The Balaban J connectivity index is 2.64. The molecular weight excluding hydrogens is 203 g/mol. The predicted octanol–water partition coefficient (Wildman–Crippen LogP) is 0.336. The normalized spacial score (nSPS) is 24.5. The minimum absolute atomic E-state index is 0.0171. The van der Waals surface area contributed by atoms with Gasteiger partial charge < -0.3 is 10.2 Å². The monoisotopic (exact) mass is 222 g/mol. The van der Waals surface area contributed by atoms with Gasteiger partial charge in [0.15, 0.2) is 0 Å². The summed E-state index contributed by atoms with van der Waals surface area (Å²) < 4.78 is 0. The Kier molecular flexibility index (Phi) is 4.84. The summed E-state index contributed by atoms with van der Waals surface area (Å²) in [6.45, 7) is 2.85. The lowest BCUT2D eigenvalue weighted by Crippen LogP contribution is -2.38. The molecule has 2 radical (unpaired) electrons. The van der Waals surface area contributed by atoms with Crippen LogP contribution in [0.5, 0.6) is 0 Å². The Morgan fingerprint density at radius 3 is 2.69 bits per heavy atom. The summed E-state index contributed by atoms with van der Waals surface area (Å²) in [6.07, 6.45) is 2.37. The van der Waals surface area contributed by atoms with Crippen molar-refractivity contribution in [2.45, 2.75) is 38.5 Å². The average Bonchev–Trinajstić information content (AvgIpc) is 2.71. The quantitative estimate of drug-likeness (QED) is 0.697. The molecule has 0 aromatic heterocycles. The van der Waals surface area contributed by atoms with Crippen LogP contribution >= 0.6 is 0 Å². The van der Waals surface area contributed by atoms with E-state index in [1.807, 2.05) is 0 Å². The molecule has 4 nitrogen and oxygen atoms in total. The van der Waals surface area contributed by atoms with Crippen molar-refractivity contribution in [1.29, 1.82) is 0 Å². The first-order valence-electron chi connectivity index (χ1n) is 5.82. The van der Waals surface area contributed by atoms with Crippen LogP contribution in [0.4, 0.5) is 0 Å². The first-order valence-corrected chi connectivity index (χ1v) is 5.82. The van der Waals surface area contributed by atoms with Crippen LogP contribution in [0.2, 0.25) is 6.32 Å². The van der Waals surface area contributed by atoms with Crippen LogP contribution in [0.15, 0.2) is 0 Å². The zero-order valence-corrected chi connectivity index (χ0v) is 10.0. The van der Waals surface area contributed by atoms with Gasteiger partial charge in [0.05, 0.1) is 7.85 Å². The van der Waals surface area contributed by atoms with Gasteiger partial charge in [-0.05, 0) is 18.7 Å². The van der Waals surface area contributed by atoms with Gasteiger partial charge in [-0.1, -0.05) is 13.3 Å². The fourth-order valence-corrected chi connectivity index (χ4v) is 2.24. The number of amides is 2. The molecule has 0 bridgehead atoms. The van der Waals surface area contributed by atoms with Crippen LogP contribution in [0, 0.1) is 5.92 Å². The molecule has 2 unspecified atom stereocenters. The summed E-state index contributed by atoms with van der Waals surface area (Å²) in [5.74, 6) is 0.437. The summed E-state index contributed by atoms with van der Waals surface area (Å²) in [7, 11) is 6.99. The number of likely N-dealkylation sites (tertiary alicyclic amines) is 1. The van der Waals surface area contributed by atoms with E-state index in [1.54, 1.807) is 11.9 Å². The van der Waals surface area contributed by atoms with Crippen molar-refractivity contribution in [3.63, 3.8) is 0 Å². The third-order valence-electron chi connectivity index (χ3n) is 3.27. The number of hydrogen-bond acceptors (Lipinski definition) is 2. The number of nitrogens with zero attached hydrogens (tertiary/aromatic N) is 1. The Morgan fingerprint density at radius 2 is 2.19 bits per heavy atom. The molecule has 1 aliphatic heterocycles. The number of carbonyl (C=O) groups excluding carboxylic acids is 2. The number of hydrogen-bond donors (Lipinski definition) is 1. The van der Waals surface area contributed by atoms with Crippen molar-refractivity contribution >= 4 is 19.7 Å². The molecule has 1 rings (SSSR count). The molecule has 2 atom stereocenters. The maximum Gasteiger partial charge on any atom is 0.221 e. The van der Waals surface area contributed by atoms with Crippen molar-refractivity contribution in [1.82, 2.24) is 10.2 Å². The zero-order chi connectivity index (χ0) is 12.1. The van der Waals surface area contributed by atoms with Crippen molar-refractivity contribution in [2.75, 3.05) is 13.6 Å². The molecular formula is C11H19BN2O2. The molecule has 1 aliphatic rings. The molecule has 2 amide bonds. The van der Waals surface area contributed by atoms with Gasteiger partial charge in [-0.15, -0.1) is 0 Å². The minimum atomic E-state index is -0.0511. The van der Waals surface area contributed by atoms with Crippen molar-refractivity contribution in [3.8, 4) is 0 Å². The average molecular weight is 222 g/mol. The van der Waals surface area contributed by atoms with E-state index in [0.717, 1.165) is 19.4 Å². The Morgan fingerprint density at radius 1 is 1.50 bits per heavy atom. The van der Waals surface area contributed by atoms with Gasteiger partial charge in [0, 0.05) is 26.1 Å². The van der Waals surface area contributed by atoms with E-state index in [2.05, 4.69) is 12.2 Å². The van der Waals surface area contributed by atoms with Crippen LogP contribution in [0.1, 0.15) is 26.2 Å². The standard InChI is InChI=1S/C11H19BN2O2/c1-3-8-4-9(5-10(15)13-2)14(7-8)11(16)6-12/h8-9H,3-7H2,1-2H3,(H,13,15). The second kappa shape index (κ2) is 5.92. The highest BCUT2D eigenvalue weighted by Gasteiger charge is 2.34. The van der Waals surface area contributed by atoms with Crippen molar-refractivity contribution < 1.29 is 9.59 Å². The lowest BCUT2D eigenvalue weighted by Gasteiger charge is -2.23. The van der Waals surface area contributed by atoms with E-state index >= 15 is 0 Å². The number of carbonyl (C=O) groups is 2. The third-order valence-corrected chi connectivity index (χ3v) is 3.27. The highest BCUT2D eigenvalue weighted by Crippen LogP contribution is 2.28. The van der Waals surface area contributed by atoms with E-state index in [0.29, 0.717) is 12.3 Å². The van der Waals surface area contributed by atoms with E-state index in [1.165, 1.54) is 0 Å². The van der Waals surface area contributed by atoms with Gasteiger partial charge in [-0.2, -0.15) is 0 Å². The highest BCUT2D eigenvalue weighted by atomic mass is 16.2. The largest absolute Gasteiger partial charge is 0.359 e. The van der Waals surface area contributed by atoms with E-state index in [4.69, 9.17) is 7.85 Å². The van der Waals surface area contributed by atoms with Gasteiger partial charge in [-0.3, -0.25) is 9.59 Å². The first-order chi connectivity index (χ1) is 7.62. The predicted molar refractivity (Wildman–Crippen MR) is 63.1 cm³/mol. The van der Waals surface area contributed by atoms with Crippen LogP contribution < -0.4 is 5.32 Å². The van der Waals surface area contributed by atoms with Gasteiger partial charge in [0.2, 0.25) is 11.8 Å². The van der Waals surface area contributed by atoms with Crippen molar-refractivity contribution in [2.24, 2.45) is 5.92 Å². The Bertz CT molecular complexity index is 271. The Labute approximate surface area is 98.2 Å². The molecule has 0 aromatic carbocycles. The van der Waals surface area contributed by atoms with Gasteiger partial charge in [0.1, 0.15) is 0 Å². The molecule has 1 fully saturated rings. The summed E-state index contributed by atoms with van der Waals surface area (Å²) in [6, 6.07) is 0.0287. The second-order valence-corrected chi connectivity index (χ2v) is 4.29. The van der Waals surface area contributed by atoms with Crippen LogP contribution in [0.3, 0.4) is 0 Å². The van der Waals surface area contributed by atoms with Crippen LogP contribution in [-0.2, 0) is 9.59 Å². The molecule has 0 aromatic rings. The zero-order valence-electron chi connectivity index (χ0n) is 10.0. The molecule has 0 saturated carbocycles. The Hall–Kier alpha value is -0.995. The van der Waals surface area contributed by atoms with Crippen molar-refractivity contribution in [3.05, 3.63) is 0 Å². The highest BCUT2D eigenvalue weighted by molar-refractivity contribution is 6.19. The smallest absolute Gasteiger partial charge is 0.221 e. The summed E-state index contributed by atoms with van der Waals surface area (Å²) in [5.41, 5.74) is 0. The lowest BCUT2D eigenvalue weighted by atomic mass is 10.0. The van der Waals surface area contributed by atoms with Crippen LogP contribution in [0.25, 0.3) is 0 Å². The van der Waals surface area contributed by atoms with Gasteiger partial charge in [-0.25, -0.2) is 0 Å². The molecule has 5 heteroatoms. The van der Waals surface area contributed by atoms with Crippen LogP contribution in [-0.4, -0.2) is 44.2 Å². The summed E-state index contributed by atoms with van der Waals surface area (Å²) in [5, 5.41) is 2.59. The topological polar surface area (TPSA) is 49.4 Å². The minimum Gasteiger partial charge on any atom is -0.359 e. The maximum atomic E-state index is 11.6. The molecule has 0 aliphatic carbocycles.